The van der Waals surface area contributed by atoms with Crippen molar-refractivity contribution in [2.24, 2.45) is 0 Å². The van der Waals surface area contributed by atoms with Crippen molar-refractivity contribution >= 4 is 5.78 Å². The first kappa shape index (κ1) is 9.45. The first-order valence-electron chi connectivity index (χ1n) is 3.92. The van der Waals surface area contributed by atoms with Gasteiger partial charge in [0.2, 0.25) is 5.43 Å². The number of carbonyl (C=O) groups excluding carboxylic acids is 1. The van der Waals surface area contributed by atoms with E-state index in [1.807, 2.05) is 0 Å². The largest absolute Gasteiger partial charge is 0.504 e. The number of ketones is 1. The Morgan fingerprint density at radius 2 is 2.00 bits per heavy atom. The molecule has 0 fully saturated rings. The predicted octanol–water partition coefficient (Wildman–Crippen LogP) is 0.884. The zero-order valence-electron chi connectivity index (χ0n) is 7.28. The minimum absolute atomic E-state index is 0.0825. The van der Waals surface area contributed by atoms with Crippen molar-refractivity contribution in [3.63, 3.8) is 0 Å². The Morgan fingerprint density at radius 3 is 2.62 bits per heavy atom. The highest BCUT2D eigenvalue weighted by Gasteiger charge is 2.04. The summed E-state index contributed by atoms with van der Waals surface area (Å²) in [5.74, 6) is -0.416. The molecular weight excluding hydrogens is 168 g/mol. The van der Waals surface area contributed by atoms with E-state index in [9.17, 15) is 14.7 Å². The van der Waals surface area contributed by atoms with Crippen molar-refractivity contribution in [3.05, 3.63) is 40.1 Å². The average Bonchev–Trinajstić information content (AvgIpc) is 2.19. The number of aromatic hydroxyl groups is 1. The van der Waals surface area contributed by atoms with Crippen LogP contribution in [0.15, 0.2) is 29.1 Å². The Labute approximate surface area is 75.7 Å². The van der Waals surface area contributed by atoms with Crippen molar-refractivity contribution in [2.75, 3.05) is 0 Å². The summed E-state index contributed by atoms with van der Waals surface area (Å²) in [6, 6.07) is 5.99. The maximum atomic E-state index is 11.1. The summed E-state index contributed by atoms with van der Waals surface area (Å²) in [5, 5.41) is 9.34. The number of Topliss-reactive ketones (excluding diaryl/α,β-unsaturated/α-hetero) is 1. The van der Waals surface area contributed by atoms with E-state index < -0.39 is 5.43 Å². The van der Waals surface area contributed by atoms with Crippen LogP contribution in [-0.2, 0) is 11.2 Å². The molecule has 0 aliphatic carbocycles. The monoisotopic (exact) mass is 178 g/mol. The van der Waals surface area contributed by atoms with Gasteiger partial charge in [0.1, 0.15) is 5.78 Å². The molecule has 0 bridgehead atoms. The molecule has 0 saturated carbocycles. The molecule has 1 N–H and O–H groups in total. The molecule has 0 heterocycles. The second-order valence-corrected chi connectivity index (χ2v) is 2.84. The van der Waals surface area contributed by atoms with Gasteiger partial charge in [-0.15, -0.1) is 0 Å². The normalized spacial score (nSPS) is 9.62. The molecule has 0 radical (unpaired) electrons. The van der Waals surface area contributed by atoms with Crippen LogP contribution in [0.1, 0.15) is 12.5 Å². The van der Waals surface area contributed by atoms with Gasteiger partial charge in [-0.25, -0.2) is 0 Å². The van der Waals surface area contributed by atoms with E-state index in [0.29, 0.717) is 5.56 Å². The molecule has 3 nitrogen and oxygen atoms in total. The quantitative estimate of drug-likeness (QED) is 0.731. The standard InChI is InChI=1S/C10H10O3/c1-7(11)6-8-4-2-3-5-9(12)10(8)13/h2-5H,6H2,1H3,(H,12,13). The van der Waals surface area contributed by atoms with Crippen molar-refractivity contribution in [1.82, 2.24) is 0 Å². The van der Waals surface area contributed by atoms with Gasteiger partial charge in [-0.05, 0) is 13.0 Å². The topological polar surface area (TPSA) is 54.4 Å². The third kappa shape index (κ3) is 2.40. The van der Waals surface area contributed by atoms with Gasteiger partial charge in [0.05, 0.1) is 0 Å². The zero-order valence-corrected chi connectivity index (χ0v) is 7.28. The molecule has 1 rings (SSSR count). The summed E-state index contributed by atoms with van der Waals surface area (Å²) < 4.78 is 0. The lowest BCUT2D eigenvalue weighted by atomic mass is 10.1. The van der Waals surface area contributed by atoms with Crippen LogP contribution in [0.2, 0.25) is 0 Å². The van der Waals surface area contributed by atoms with E-state index in [-0.39, 0.29) is 18.0 Å². The van der Waals surface area contributed by atoms with Gasteiger partial charge in [0, 0.05) is 12.0 Å². The lowest BCUT2D eigenvalue weighted by Crippen LogP contribution is -2.01. The maximum absolute atomic E-state index is 11.1. The maximum Gasteiger partial charge on any atom is 0.220 e. The highest BCUT2D eigenvalue weighted by Crippen LogP contribution is 2.10. The molecule has 3 heteroatoms. The molecule has 0 aliphatic heterocycles. The van der Waals surface area contributed by atoms with Crippen LogP contribution in [0.4, 0.5) is 0 Å². The summed E-state index contributed by atoms with van der Waals surface area (Å²) in [5.41, 5.74) is -0.0799. The van der Waals surface area contributed by atoms with Crippen molar-refractivity contribution in [3.8, 4) is 5.75 Å². The van der Waals surface area contributed by atoms with E-state index in [1.165, 1.54) is 19.1 Å². The highest BCUT2D eigenvalue weighted by molar-refractivity contribution is 5.78. The number of carbonyl (C=O) groups is 1. The third-order valence-corrected chi connectivity index (χ3v) is 1.63. The van der Waals surface area contributed by atoms with E-state index >= 15 is 0 Å². The molecule has 13 heavy (non-hydrogen) atoms. The third-order valence-electron chi connectivity index (χ3n) is 1.63. The van der Waals surface area contributed by atoms with Gasteiger partial charge < -0.3 is 5.11 Å². The minimum atomic E-state index is -0.457. The summed E-state index contributed by atoms with van der Waals surface area (Å²) in [7, 11) is 0. The van der Waals surface area contributed by atoms with Crippen LogP contribution in [0.25, 0.3) is 0 Å². The molecule has 68 valence electrons. The predicted molar refractivity (Wildman–Crippen MR) is 48.8 cm³/mol. The van der Waals surface area contributed by atoms with E-state index in [0.717, 1.165) is 0 Å². The average molecular weight is 178 g/mol. The van der Waals surface area contributed by atoms with Crippen LogP contribution in [0.5, 0.6) is 5.75 Å². The fourth-order valence-electron chi connectivity index (χ4n) is 1.04. The van der Waals surface area contributed by atoms with Gasteiger partial charge in [0.25, 0.3) is 0 Å². The molecule has 0 aromatic heterocycles. The van der Waals surface area contributed by atoms with Gasteiger partial charge in [-0.2, -0.15) is 0 Å². The second kappa shape index (κ2) is 3.85. The summed E-state index contributed by atoms with van der Waals surface area (Å²) in [6.45, 7) is 1.41. The Kier molecular flexibility index (Phi) is 2.80. The number of hydrogen-bond donors (Lipinski definition) is 1. The van der Waals surface area contributed by atoms with Crippen LogP contribution in [0.3, 0.4) is 0 Å². The van der Waals surface area contributed by atoms with Crippen LogP contribution in [0, 0.1) is 0 Å². The first-order chi connectivity index (χ1) is 6.11. The number of hydrogen-bond acceptors (Lipinski definition) is 3. The molecule has 0 spiro atoms. The van der Waals surface area contributed by atoms with Crippen molar-refractivity contribution in [2.45, 2.75) is 13.3 Å². The van der Waals surface area contributed by atoms with Crippen molar-refractivity contribution in [1.29, 1.82) is 0 Å². The lowest BCUT2D eigenvalue weighted by molar-refractivity contribution is -0.116. The van der Waals surface area contributed by atoms with Crippen LogP contribution in [-0.4, -0.2) is 10.9 Å². The zero-order chi connectivity index (χ0) is 9.84. The van der Waals surface area contributed by atoms with E-state index in [4.69, 9.17) is 0 Å². The van der Waals surface area contributed by atoms with Gasteiger partial charge >= 0.3 is 0 Å². The van der Waals surface area contributed by atoms with Crippen LogP contribution >= 0.6 is 0 Å². The fourth-order valence-corrected chi connectivity index (χ4v) is 1.04. The second-order valence-electron chi connectivity index (χ2n) is 2.84. The Hall–Kier alpha value is -1.64. The van der Waals surface area contributed by atoms with E-state index in [1.54, 1.807) is 12.1 Å². The van der Waals surface area contributed by atoms with Crippen molar-refractivity contribution < 1.29 is 9.90 Å². The molecule has 0 saturated heterocycles. The summed E-state index contributed by atoms with van der Waals surface area (Å²) in [6.07, 6.45) is 0.0930. The van der Waals surface area contributed by atoms with E-state index in [2.05, 4.69) is 0 Å². The molecule has 0 unspecified atom stereocenters. The minimum Gasteiger partial charge on any atom is -0.504 e. The fraction of sp³-hybridized carbons (Fsp3) is 0.200. The first-order valence-corrected chi connectivity index (χ1v) is 3.92. The lowest BCUT2D eigenvalue weighted by Gasteiger charge is -1.95. The molecule has 1 aromatic rings. The summed E-state index contributed by atoms with van der Waals surface area (Å²) in [4.78, 5) is 21.8. The molecule has 0 amide bonds. The number of rotatable bonds is 2. The SMILES string of the molecule is CC(=O)Cc1ccccc(=O)c1O. The Bertz CT molecular complexity index is 382. The molecule has 1 aromatic carbocycles. The molecular formula is C10H10O3. The van der Waals surface area contributed by atoms with Gasteiger partial charge in [-0.1, -0.05) is 18.2 Å². The Balaban J connectivity index is 3.23. The van der Waals surface area contributed by atoms with Gasteiger partial charge in [-0.3, -0.25) is 9.59 Å². The molecule has 0 aliphatic rings. The molecule has 0 atom stereocenters. The smallest absolute Gasteiger partial charge is 0.220 e. The Morgan fingerprint density at radius 1 is 1.38 bits per heavy atom. The van der Waals surface area contributed by atoms with Crippen LogP contribution < -0.4 is 5.43 Å². The van der Waals surface area contributed by atoms with Gasteiger partial charge in [0.15, 0.2) is 5.75 Å². The highest BCUT2D eigenvalue weighted by atomic mass is 16.3. The summed E-state index contributed by atoms with van der Waals surface area (Å²) >= 11 is 0.